The minimum atomic E-state index is -0.933. The summed E-state index contributed by atoms with van der Waals surface area (Å²) in [7, 11) is 1.48. The number of aliphatic carboxylic acids is 1. The van der Waals surface area contributed by atoms with E-state index in [2.05, 4.69) is 17.1 Å². The van der Waals surface area contributed by atoms with E-state index in [0.717, 1.165) is 37.2 Å². The van der Waals surface area contributed by atoms with Gasteiger partial charge in [-0.2, -0.15) is 0 Å². The number of methoxy groups -OCH3 is 1. The summed E-state index contributed by atoms with van der Waals surface area (Å²) >= 11 is 0. The van der Waals surface area contributed by atoms with E-state index in [0.29, 0.717) is 12.0 Å². The Morgan fingerprint density at radius 3 is 2.93 bits per heavy atom. The number of anilines is 1. The first-order chi connectivity index (χ1) is 13.0. The molecule has 3 aliphatic heterocycles. The SMILES string of the molecule is CC[C@H]1CN2CC[C@@]3(C(=O)Nc4ccccc43)[C@@H]2C[C@@H]1/C(=C/OC)C(=O)O. The fourth-order valence-corrected chi connectivity index (χ4v) is 5.52. The predicted molar refractivity (Wildman–Crippen MR) is 101 cm³/mol. The van der Waals surface area contributed by atoms with Crippen molar-refractivity contribution in [2.24, 2.45) is 11.8 Å². The first-order valence-corrected chi connectivity index (χ1v) is 9.64. The second kappa shape index (κ2) is 6.68. The lowest BCUT2D eigenvalue weighted by atomic mass is 9.67. The number of benzene rings is 1. The van der Waals surface area contributed by atoms with Gasteiger partial charge in [0, 0.05) is 18.3 Å². The van der Waals surface area contributed by atoms with E-state index in [4.69, 9.17) is 4.74 Å². The van der Waals surface area contributed by atoms with Crippen LogP contribution in [0.25, 0.3) is 0 Å². The third kappa shape index (κ3) is 2.57. The number of carbonyl (C=O) groups is 2. The molecule has 1 aromatic carbocycles. The zero-order valence-electron chi connectivity index (χ0n) is 15.8. The fourth-order valence-electron chi connectivity index (χ4n) is 5.52. The van der Waals surface area contributed by atoms with Gasteiger partial charge >= 0.3 is 5.97 Å². The molecule has 2 saturated heterocycles. The van der Waals surface area contributed by atoms with E-state index in [1.165, 1.54) is 13.4 Å². The number of ether oxygens (including phenoxy) is 1. The lowest BCUT2D eigenvalue weighted by Crippen LogP contribution is -2.53. The Morgan fingerprint density at radius 2 is 2.22 bits per heavy atom. The first-order valence-electron chi connectivity index (χ1n) is 9.64. The Balaban J connectivity index is 1.75. The van der Waals surface area contributed by atoms with Gasteiger partial charge in [0.05, 0.1) is 24.4 Å². The summed E-state index contributed by atoms with van der Waals surface area (Å²) in [5, 5.41) is 12.8. The van der Waals surface area contributed by atoms with Gasteiger partial charge in [-0.1, -0.05) is 31.5 Å². The molecule has 27 heavy (non-hydrogen) atoms. The lowest BCUT2D eigenvalue weighted by molar-refractivity contribution is -0.134. The van der Waals surface area contributed by atoms with Crippen molar-refractivity contribution in [2.75, 3.05) is 25.5 Å². The largest absolute Gasteiger partial charge is 0.504 e. The highest BCUT2D eigenvalue weighted by molar-refractivity contribution is 6.07. The summed E-state index contributed by atoms with van der Waals surface area (Å²) in [6.45, 7) is 3.79. The maximum Gasteiger partial charge on any atom is 0.334 e. The molecule has 1 amide bonds. The second-order valence-corrected chi connectivity index (χ2v) is 7.86. The fraction of sp³-hybridized carbons (Fsp3) is 0.524. The third-order valence-electron chi connectivity index (χ3n) is 6.79. The molecule has 0 aromatic heterocycles. The number of hydrogen-bond acceptors (Lipinski definition) is 4. The molecule has 0 aliphatic carbocycles. The number of hydrogen-bond donors (Lipinski definition) is 2. The van der Waals surface area contributed by atoms with Crippen LogP contribution in [0.4, 0.5) is 5.69 Å². The average Bonchev–Trinajstić information content (AvgIpc) is 3.18. The molecule has 0 saturated carbocycles. The highest BCUT2D eigenvalue weighted by Crippen LogP contribution is 2.53. The van der Waals surface area contributed by atoms with Gasteiger partial charge < -0.3 is 15.2 Å². The summed E-state index contributed by atoms with van der Waals surface area (Å²) in [5.74, 6) is -0.757. The number of nitrogens with zero attached hydrogens (tertiary/aromatic N) is 1. The van der Waals surface area contributed by atoms with Crippen molar-refractivity contribution in [1.82, 2.24) is 4.90 Å². The van der Waals surface area contributed by atoms with Gasteiger partial charge in [0.1, 0.15) is 0 Å². The quantitative estimate of drug-likeness (QED) is 0.629. The molecule has 0 radical (unpaired) electrons. The predicted octanol–water partition coefficient (Wildman–Crippen LogP) is 2.61. The first kappa shape index (κ1) is 18.0. The monoisotopic (exact) mass is 370 g/mol. The highest BCUT2D eigenvalue weighted by atomic mass is 16.5. The normalized spacial score (nSPS) is 32.9. The molecule has 0 bridgehead atoms. The molecular formula is C21H26N2O4. The number of nitrogens with one attached hydrogen (secondary N) is 1. The molecule has 2 fully saturated rings. The minimum Gasteiger partial charge on any atom is -0.504 e. The van der Waals surface area contributed by atoms with E-state index in [9.17, 15) is 14.7 Å². The van der Waals surface area contributed by atoms with Crippen LogP contribution in [0.2, 0.25) is 0 Å². The highest BCUT2D eigenvalue weighted by Gasteiger charge is 2.60. The number of carbonyl (C=O) groups excluding carboxylic acids is 1. The summed E-state index contributed by atoms with van der Waals surface area (Å²) in [6.07, 6.45) is 3.70. The van der Waals surface area contributed by atoms with Gasteiger partial charge in [0.15, 0.2) is 0 Å². The Kier molecular flexibility index (Phi) is 4.46. The van der Waals surface area contributed by atoms with Gasteiger partial charge in [0.2, 0.25) is 5.91 Å². The lowest BCUT2D eigenvalue weighted by Gasteiger charge is -2.44. The Morgan fingerprint density at radius 1 is 1.44 bits per heavy atom. The number of para-hydroxylation sites is 1. The molecule has 4 rings (SSSR count). The van der Waals surface area contributed by atoms with E-state index >= 15 is 0 Å². The number of carboxylic acid groups (broad SMARTS) is 1. The molecule has 3 heterocycles. The molecule has 6 nitrogen and oxygen atoms in total. The van der Waals surface area contributed by atoms with E-state index < -0.39 is 11.4 Å². The third-order valence-corrected chi connectivity index (χ3v) is 6.79. The van der Waals surface area contributed by atoms with Crippen LogP contribution < -0.4 is 5.32 Å². The van der Waals surface area contributed by atoms with Gasteiger partial charge in [-0.3, -0.25) is 9.69 Å². The maximum absolute atomic E-state index is 13.1. The number of fused-ring (bicyclic) bond motifs is 4. The van der Waals surface area contributed by atoms with E-state index in [1.54, 1.807) is 0 Å². The summed E-state index contributed by atoms with van der Waals surface area (Å²) in [6, 6.07) is 7.92. The number of rotatable bonds is 4. The van der Waals surface area contributed by atoms with Crippen LogP contribution in [0.5, 0.6) is 0 Å². The van der Waals surface area contributed by atoms with Crippen molar-refractivity contribution < 1.29 is 19.4 Å². The maximum atomic E-state index is 13.1. The van der Waals surface area contributed by atoms with Gasteiger partial charge in [-0.15, -0.1) is 0 Å². The van der Waals surface area contributed by atoms with Crippen molar-refractivity contribution >= 4 is 17.6 Å². The Labute approximate surface area is 159 Å². The zero-order valence-corrected chi connectivity index (χ0v) is 15.8. The van der Waals surface area contributed by atoms with E-state index in [-0.39, 0.29) is 23.8 Å². The molecule has 144 valence electrons. The standard InChI is InChI=1S/C21H26N2O4/c1-3-13-11-23-9-8-21(16-6-4-5-7-17(16)22-20(21)26)18(23)10-14(13)15(12-27-2)19(24)25/h4-7,12-14,18H,3,8-11H2,1-2H3,(H,22,26)(H,24,25)/b15-12-/t13-,14-,18-,21-/m0/s1. The average molecular weight is 370 g/mol. The molecule has 2 N–H and O–H groups in total. The Hall–Kier alpha value is -2.34. The van der Waals surface area contributed by atoms with Crippen molar-refractivity contribution in [1.29, 1.82) is 0 Å². The van der Waals surface area contributed by atoms with Gasteiger partial charge in [0.25, 0.3) is 0 Å². The van der Waals surface area contributed by atoms with Gasteiger partial charge in [-0.05, 0) is 42.9 Å². The molecule has 1 spiro atoms. The van der Waals surface area contributed by atoms with Crippen LogP contribution in [-0.4, -0.2) is 48.1 Å². The number of amides is 1. The Bertz CT molecular complexity index is 805. The number of carboxylic acids is 1. The van der Waals surface area contributed by atoms with Crippen LogP contribution in [0.3, 0.4) is 0 Å². The van der Waals surface area contributed by atoms with Crippen LogP contribution >= 0.6 is 0 Å². The van der Waals surface area contributed by atoms with Crippen molar-refractivity contribution in [3.63, 3.8) is 0 Å². The van der Waals surface area contributed by atoms with Crippen molar-refractivity contribution in [3.8, 4) is 0 Å². The van der Waals surface area contributed by atoms with Crippen LogP contribution in [0.1, 0.15) is 31.7 Å². The van der Waals surface area contributed by atoms with E-state index in [1.807, 2.05) is 24.3 Å². The summed E-state index contributed by atoms with van der Waals surface area (Å²) in [5.41, 5.74) is 1.69. The molecular weight excluding hydrogens is 344 g/mol. The molecule has 0 unspecified atom stereocenters. The van der Waals surface area contributed by atoms with Crippen LogP contribution in [-0.2, 0) is 19.7 Å². The topological polar surface area (TPSA) is 78.9 Å². The summed E-state index contributed by atoms with van der Waals surface area (Å²) < 4.78 is 5.08. The second-order valence-electron chi connectivity index (χ2n) is 7.86. The van der Waals surface area contributed by atoms with Crippen molar-refractivity contribution in [3.05, 3.63) is 41.7 Å². The molecule has 3 aliphatic rings. The summed E-state index contributed by atoms with van der Waals surface area (Å²) in [4.78, 5) is 27.4. The van der Waals surface area contributed by atoms with Crippen LogP contribution in [0, 0.1) is 11.8 Å². The van der Waals surface area contributed by atoms with Gasteiger partial charge in [-0.25, -0.2) is 4.79 Å². The molecule has 1 aromatic rings. The smallest absolute Gasteiger partial charge is 0.334 e. The van der Waals surface area contributed by atoms with Crippen molar-refractivity contribution in [2.45, 2.75) is 37.6 Å². The zero-order chi connectivity index (χ0) is 19.2. The molecule has 6 heteroatoms. The van der Waals surface area contributed by atoms with Crippen LogP contribution in [0.15, 0.2) is 36.1 Å². The molecule has 4 atom stereocenters. The minimum absolute atomic E-state index is 0.00792. The number of piperidine rings is 1.